The SMILES string of the molecule is c1ccc(-c2nc(-c3ccc(-c4cccnc4)cc3)nc(-c3ccc(-c4cccc(-c5cccc6c5-c5ccccc5C6(c5ccccc5)c5ccccc5)c4)cc3)n2)cc1. The van der Waals surface area contributed by atoms with Crippen LogP contribution >= 0.6 is 0 Å². The fourth-order valence-corrected chi connectivity index (χ4v) is 9.11. The van der Waals surface area contributed by atoms with Crippen molar-refractivity contribution in [1.29, 1.82) is 0 Å². The molecule has 11 rings (SSSR count). The molecule has 2 aromatic heterocycles. The molecule has 0 unspecified atom stereocenters. The van der Waals surface area contributed by atoms with Gasteiger partial charge in [0.1, 0.15) is 0 Å². The molecule has 0 amide bonds. The molecule has 10 aromatic rings. The van der Waals surface area contributed by atoms with Gasteiger partial charge in [-0.2, -0.15) is 0 Å². The number of hydrogen-bond donors (Lipinski definition) is 0. The van der Waals surface area contributed by atoms with Crippen molar-refractivity contribution in [2.45, 2.75) is 5.41 Å². The van der Waals surface area contributed by atoms with E-state index in [0.29, 0.717) is 17.5 Å². The van der Waals surface area contributed by atoms with Gasteiger partial charge in [0.25, 0.3) is 0 Å². The molecule has 2 heterocycles. The highest BCUT2D eigenvalue weighted by molar-refractivity contribution is 5.96. The van der Waals surface area contributed by atoms with Gasteiger partial charge in [0.2, 0.25) is 0 Å². The van der Waals surface area contributed by atoms with Crippen molar-refractivity contribution in [2.75, 3.05) is 0 Å². The highest BCUT2D eigenvalue weighted by Gasteiger charge is 2.46. The molecule has 0 atom stereocenters. The zero-order valence-electron chi connectivity index (χ0n) is 33.2. The maximum absolute atomic E-state index is 5.03. The fourth-order valence-electron chi connectivity index (χ4n) is 9.11. The average Bonchev–Trinajstić information content (AvgIpc) is 3.66. The average molecular weight is 779 g/mol. The van der Waals surface area contributed by atoms with Gasteiger partial charge < -0.3 is 0 Å². The fraction of sp³-hybridized carbons (Fsp3) is 0.0175. The summed E-state index contributed by atoms with van der Waals surface area (Å²) in [7, 11) is 0. The lowest BCUT2D eigenvalue weighted by Crippen LogP contribution is -2.28. The summed E-state index contributed by atoms with van der Waals surface area (Å²) in [6.45, 7) is 0. The van der Waals surface area contributed by atoms with E-state index in [1.807, 2.05) is 42.6 Å². The number of aromatic nitrogens is 4. The highest BCUT2D eigenvalue weighted by atomic mass is 15.0. The third kappa shape index (κ3) is 6.33. The zero-order valence-corrected chi connectivity index (χ0v) is 33.2. The van der Waals surface area contributed by atoms with E-state index in [2.05, 4.69) is 187 Å². The van der Waals surface area contributed by atoms with Crippen molar-refractivity contribution >= 4 is 0 Å². The first-order chi connectivity index (χ1) is 30.2. The van der Waals surface area contributed by atoms with Gasteiger partial charge >= 0.3 is 0 Å². The molecule has 1 aliphatic rings. The molecule has 1 aliphatic carbocycles. The molecule has 4 heteroatoms. The quantitative estimate of drug-likeness (QED) is 0.154. The molecule has 286 valence electrons. The maximum atomic E-state index is 5.03. The van der Waals surface area contributed by atoms with Gasteiger partial charge in [0, 0.05) is 29.1 Å². The van der Waals surface area contributed by atoms with E-state index in [4.69, 9.17) is 15.0 Å². The van der Waals surface area contributed by atoms with Crippen molar-refractivity contribution in [3.63, 3.8) is 0 Å². The van der Waals surface area contributed by atoms with Crippen molar-refractivity contribution in [3.8, 4) is 78.7 Å². The van der Waals surface area contributed by atoms with Crippen LogP contribution in [0.3, 0.4) is 0 Å². The molecular weight excluding hydrogens is 741 g/mol. The Morgan fingerprint density at radius 1 is 0.295 bits per heavy atom. The van der Waals surface area contributed by atoms with Crippen molar-refractivity contribution in [3.05, 3.63) is 253 Å². The van der Waals surface area contributed by atoms with Crippen LogP contribution in [0.4, 0.5) is 0 Å². The molecule has 0 saturated carbocycles. The second-order valence-corrected chi connectivity index (χ2v) is 15.4. The Morgan fingerprint density at radius 3 is 1.34 bits per heavy atom. The number of nitrogens with zero attached hydrogens (tertiary/aromatic N) is 4. The third-order valence-electron chi connectivity index (χ3n) is 11.9. The number of pyridine rings is 1. The van der Waals surface area contributed by atoms with Gasteiger partial charge in [0.15, 0.2) is 17.5 Å². The molecule has 0 saturated heterocycles. The molecule has 0 spiro atoms. The summed E-state index contributed by atoms with van der Waals surface area (Å²) in [6, 6.07) is 77.6. The summed E-state index contributed by atoms with van der Waals surface area (Å²) in [5.74, 6) is 1.88. The molecule has 0 bridgehead atoms. The number of benzene rings is 8. The van der Waals surface area contributed by atoms with Crippen LogP contribution in [-0.2, 0) is 5.41 Å². The van der Waals surface area contributed by atoms with E-state index in [9.17, 15) is 0 Å². The molecule has 0 N–H and O–H groups in total. The summed E-state index contributed by atoms with van der Waals surface area (Å²) in [4.78, 5) is 19.3. The topological polar surface area (TPSA) is 51.6 Å². The predicted molar refractivity (Wildman–Crippen MR) is 248 cm³/mol. The monoisotopic (exact) mass is 778 g/mol. The van der Waals surface area contributed by atoms with Crippen LogP contribution in [0.15, 0.2) is 231 Å². The van der Waals surface area contributed by atoms with Crippen LogP contribution in [0.5, 0.6) is 0 Å². The number of fused-ring (bicyclic) bond motifs is 3. The summed E-state index contributed by atoms with van der Waals surface area (Å²) < 4.78 is 0. The lowest BCUT2D eigenvalue weighted by molar-refractivity contribution is 0.768. The second kappa shape index (κ2) is 15.3. The first-order valence-corrected chi connectivity index (χ1v) is 20.6. The predicted octanol–water partition coefficient (Wildman–Crippen LogP) is 13.6. The Balaban J connectivity index is 0.975. The Kier molecular flexibility index (Phi) is 9.02. The summed E-state index contributed by atoms with van der Waals surface area (Å²) in [5, 5.41) is 0. The summed E-state index contributed by atoms with van der Waals surface area (Å²) in [6.07, 6.45) is 3.66. The van der Waals surface area contributed by atoms with Crippen molar-refractivity contribution in [2.24, 2.45) is 0 Å². The van der Waals surface area contributed by atoms with Crippen molar-refractivity contribution < 1.29 is 0 Å². The smallest absolute Gasteiger partial charge is 0.164 e. The Labute approximate surface area is 355 Å². The minimum absolute atomic E-state index is 0.448. The first-order valence-electron chi connectivity index (χ1n) is 20.6. The Hall–Kier alpha value is -8.08. The third-order valence-corrected chi connectivity index (χ3v) is 11.9. The lowest BCUT2D eigenvalue weighted by Gasteiger charge is -2.34. The second-order valence-electron chi connectivity index (χ2n) is 15.4. The van der Waals surface area contributed by atoms with Crippen LogP contribution in [-0.4, -0.2) is 19.9 Å². The standard InChI is InChI=1S/C57H38N4/c1-4-15-41(16-5-1)54-59-55(61-56(60-54)43-34-30-40(31-35-43)46-19-14-36-58-38-46)42-32-28-39(29-33-42)44-17-12-18-45(37-44)49-25-13-27-52-53(49)50-24-10-11-26-51(50)57(52,47-20-6-2-7-21-47)48-22-8-3-9-23-48/h1-38H. The van der Waals surface area contributed by atoms with Crippen LogP contribution < -0.4 is 0 Å². The molecule has 61 heavy (non-hydrogen) atoms. The minimum atomic E-state index is -0.448. The lowest BCUT2D eigenvalue weighted by atomic mass is 9.67. The maximum Gasteiger partial charge on any atom is 0.164 e. The molecule has 0 radical (unpaired) electrons. The highest BCUT2D eigenvalue weighted by Crippen LogP contribution is 2.58. The van der Waals surface area contributed by atoms with E-state index >= 15 is 0 Å². The van der Waals surface area contributed by atoms with E-state index in [1.54, 1.807) is 6.20 Å². The van der Waals surface area contributed by atoms with E-state index in [-0.39, 0.29) is 0 Å². The van der Waals surface area contributed by atoms with Crippen LogP contribution in [0.2, 0.25) is 0 Å². The number of rotatable bonds is 8. The van der Waals surface area contributed by atoms with Gasteiger partial charge in [-0.1, -0.05) is 206 Å². The molecule has 4 nitrogen and oxygen atoms in total. The molecule has 8 aromatic carbocycles. The Bertz CT molecular complexity index is 3110. The molecule has 0 aliphatic heterocycles. The van der Waals surface area contributed by atoms with Crippen LogP contribution in [0.1, 0.15) is 22.3 Å². The summed E-state index contributed by atoms with van der Waals surface area (Å²) >= 11 is 0. The Morgan fingerprint density at radius 2 is 0.738 bits per heavy atom. The van der Waals surface area contributed by atoms with E-state index < -0.39 is 5.41 Å². The normalized spacial score (nSPS) is 12.4. The van der Waals surface area contributed by atoms with Crippen molar-refractivity contribution in [1.82, 2.24) is 19.9 Å². The van der Waals surface area contributed by atoms with Crippen LogP contribution in [0.25, 0.3) is 78.7 Å². The van der Waals surface area contributed by atoms with Gasteiger partial charge in [-0.3, -0.25) is 4.98 Å². The van der Waals surface area contributed by atoms with Gasteiger partial charge in [-0.05, 0) is 78.9 Å². The molecule has 0 fully saturated rings. The van der Waals surface area contributed by atoms with Crippen LogP contribution in [0, 0.1) is 0 Å². The molecular formula is C57H38N4. The summed E-state index contributed by atoms with van der Waals surface area (Å²) in [5.41, 5.74) is 16.8. The zero-order chi connectivity index (χ0) is 40.6. The minimum Gasteiger partial charge on any atom is -0.264 e. The largest absolute Gasteiger partial charge is 0.264 e. The van der Waals surface area contributed by atoms with Gasteiger partial charge in [-0.25, -0.2) is 15.0 Å². The number of hydrogen-bond acceptors (Lipinski definition) is 4. The van der Waals surface area contributed by atoms with E-state index in [1.165, 1.54) is 44.5 Å². The first kappa shape index (κ1) is 36.0. The van der Waals surface area contributed by atoms with E-state index in [0.717, 1.165) is 38.9 Å². The van der Waals surface area contributed by atoms with Gasteiger partial charge in [-0.15, -0.1) is 0 Å². The van der Waals surface area contributed by atoms with Gasteiger partial charge in [0.05, 0.1) is 5.41 Å².